The number of anilines is 1. The summed E-state index contributed by atoms with van der Waals surface area (Å²) in [5, 5.41) is 11.5. The van der Waals surface area contributed by atoms with E-state index >= 15 is 0 Å². The average molecular weight is 232 g/mol. The van der Waals surface area contributed by atoms with Crippen LogP contribution in [0.3, 0.4) is 0 Å². The maximum Gasteiger partial charge on any atom is 0.244 e. The lowest BCUT2D eigenvalue weighted by Crippen LogP contribution is -2.22. The lowest BCUT2D eigenvalue weighted by Gasteiger charge is -2.09. The zero-order valence-electron chi connectivity index (χ0n) is 9.59. The molecule has 0 bridgehead atoms. The van der Waals surface area contributed by atoms with E-state index in [9.17, 15) is 9.18 Å². The highest BCUT2D eigenvalue weighted by Gasteiger charge is 2.50. The quantitative estimate of drug-likeness (QED) is 0.870. The van der Waals surface area contributed by atoms with Gasteiger partial charge in [0.15, 0.2) is 0 Å². The van der Waals surface area contributed by atoms with Crippen molar-refractivity contribution in [3.63, 3.8) is 0 Å². The Labute approximate surface area is 99.2 Å². The second kappa shape index (κ2) is 4.17. The van der Waals surface area contributed by atoms with Crippen LogP contribution in [0.2, 0.25) is 0 Å². The van der Waals surface area contributed by atoms with Crippen molar-refractivity contribution in [1.29, 1.82) is 5.26 Å². The summed E-state index contributed by atoms with van der Waals surface area (Å²) in [5.74, 6) is -0.555. The van der Waals surface area contributed by atoms with Crippen LogP contribution in [0.4, 0.5) is 10.1 Å². The summed E-state index contributed by atoms with van der Waals surface area (Å²) >= 11 is 0. The lowest BCUT2D eigenvalue weighted by molar-refractivity contribution is -0.119. The Morgan fingerprint density at radius 1 is 1.59 bits per heavy atom. The Morgan fingerprint density at radius 3 is 2.82 bits per heavy atom. The van der Waals surface area contributed by atoms with Gasteiger partial charge >= 0.3 is 0 Å². The molecule has 0 unspecified atom stereocenters. The highest BCUT2D eigenvalue weighted by Crippen LogP contribution is 2.45. The molecule has 0 aromatic heterocycles. The number of hydrogen-bond donors (Lipinski definition) is 1. The number of hydrogen-bond acceptors (Lipinski definition) is 2. The maximum absolute atomic E-state index is 13.3. The standard InChI is InChI=1S/C13H13FN2O/c1-2-9-7-10(3-4-11(9)14)16-12(17)13(8-15)5-6-13/h3-4,7H,2,5-6H2,1H3,(H,16,17). The molecule has 0 aliphatic heterocycles. The largest absolute Gasteiger partial charge is 0.325 e. The van der Waals surface area contributed by atoms with Gasteiger partial charge in [0, 0.05) is 5.69 Å². The van der Waals surface area contributed by atoms with Crippen LogP contribution in [-0.4, -0.2) is 5.91 Å². The van der Waals surface area contributed by atoms with Crippen LogP contribution in [0, 0.1) is 22.6 Å². The topological polar surface area (TPSA) is 52.9 Å². The van der Waals surface area contributed by atoms with Gasteiger partial charge in [-0.25, -0.2) is 4.39 Å². The number of aryl methyl sites for hydroxylation is 1. The van der Waals surface area contributed by atoms with Crippen molar-refractivity contribution in [1.82, 2.24) is 0 Å². The van der Waals surface area contributed by atoms with Gasteiger partial charge in [-0.05, 0) is 43.0 Å². The first-order chi connectivity index (χ1) is 8.11. The Morgan fingerprint density at radius 2 is 2.29 bits per heavy atom. The highest BCUT2D eigenvalue weighted by molar-refractivity contribution is 5.99. The van der Waals surface area contributed by atoms with Gasteiger partial charge in [0.1, 0.15) is 11.2 Å². The number of nitrogens with one attached hydrogen (secondary N) is 1. The SMILES string of the molecule is CCc1cc(NC(=O)C2(C#N)CC2)ccc1F. The normalized spacial score (nSPS) is 16.1. The molecule has 1 aliphatic rings. The number of nitrogens with zero attached hydrogens (tertiary/aromatic N) is 1. The summed E-state index contributed by atoms with van der Waals surface area (Å²) in [5.41, 5.74) is 0.264. The molecular formula is C13H13FN2O. The Balaban J connectivity index is 2.15. The monoisotopic (exact) mass is 232 g/mol. The highest BCUT2D eigenvalue weighted by atomic mass is 19.1. The Kier molecular flexibility index (Phi) is 2.84. The summed E-state index contributed by atoms with van der Waals surface area (Å²) in [6.45, 7) is 1.85. The number of carbonyl (C=O) groups excluding carboxylic acids is 1. The average Bonchev–Trinajstić information content (AvgIpc) is 3.12. The van der Waals surface area contributed by atoms with E-state index in [4.69, 9.17) is 5.26 Å². The zero-order chi connectivity index (χ0) is 12.5. The summed E-state index contributed by atoms with van der Waals surface area (Å²) < 4.78 is 13.3. The number of nitriles is 1. The maximum atomic E-state index is 13.3. The molecule has 1 fully saturated rings. The van der Waals surface area contributed by atoms with Crippen LogP contribution in [0.25, 0.3) is 0 Å². The van der Waals surface area contributed by atoms with E-state index in [1.54, 1.807) is 6.07 Å². The molecule has 1 aromatic rings. The van der Waals surface area contributed by atoms with Crippen molar-refractivity contribution in [3.8, 4) is 6.07 Å². The van der Waals surface area contributed by atoms with E-state index < -0.39 is 5.41 Å². The van der Waals surface area contributed by atoms with Crippen molar-refractivity contribution in [2.24, 2.45) is 5.41 Å². The molecule has 1 N–H and O–H groups in total. The van der Waals surface area contributed by atoms with Crippen LogP contribution in [0.1, 0.15) is 25.3 Å². The van der Waals surface area contributed by atoms with Crippen LogP contribution in [0.15, 0.2) is 18.2 Å². The van der Waals surface area contributed by atoms with Crippen molar-refractivity contribution < 1.29 is 9.18 Å². The minimum Gasteiger partial charge on any atom is -0.325 e. The van der Waals surface area contributed by atoms with Crippen LogP contribution in [0.5, 0.6) is 0 Å². The van der Waals surface area contributed by atoms with Crippen molar-refractivity contribution >= 4 is 11.6 Å². The predicted molar refractivity (Wildman–Crippen MR) is 61.7 cm³/mol. The van der Waals surface area contributed by atoms with Crippen molar-refractivity contribution in [2.75, 3.05) is 5.32 Å². The van der Waals surface area contributed by atoms with Gasteiger partial charge in [-0.1, -0.05) is 6.92 Å². The molecule has 2 rings (SSSR count). The van der Waals surface area contributed by atoms with E-state index in [1.807, 2.05) is 13.0 Å². The molecule has 1 saturated carbocycles. The van der Waals surface area contributed by atoms with Gasteiger partial charge in [0.2, 0.25) is 5.91 Å². The van der Waals surface area contributed by atoms with Gasteiger partial charge in [-0.3, -0.25) is 4.79 Å². The second-order valence-corrected chi connectivity index (χ2v) is 4.31. The van der Waals surface area contributed by atoms with Crippen LogP contribution >= 0.6 is 0 Å². The van der Waals surface area contributed by atoms with Gasteiger partial charge in [-0.2, -0.15) is 5.26 Å². The van der Waals surface area contributed by atoms with E-state index in [1.165, 1.54) is 12.1 Å². The molecule has 88 valence electrons. The number of carbonyl (C=O) groups is 1. The fourth-order valence-electron chi connectivity index (χ4n) is 1.69. The molecule has 1 aromatic carbocycles. The lowest BCUT2D eigenvalue weighted by atomic mass is 10.1. The number of amides is 1. The first-order valence-corrected chi connectivity index (χ1v) is 5.62. The molecule has 17 heavy (non-hydrogen) atoms. The summed E-state index contributed by atoms with van der Waals surface area (Å²) in [6.07, 6.45) is 1.78. The molecule has 4 heteroatoms. The smallest absolute Gasteiger partial charge is 0.244 e. The third-order valence-electron chi connectivity index (χ3n) is 3.08. The number of halogens is 1. The first-order valence-electron chi connectivity index (χ1n) is 5.62. The zero-order valence-corrected chi connectivity index (χ0v) is 9.59. The van der Waals surface area contributed by atoms with E-state index in [0.717, 1.165) is 0 Å². The van der Waals surface area contributed by atoms with Gasteiger partial charge < -0.3 is 5.32 Å². The summed E-state index contributed by atoms with van der Waals surface area (Å²) in [7, 11) is 0. The molecule has 0 atom stereocenters. The fourth-order valence-corrected chi connectivity index (χ4v) is 1.69. The molecular weight excluding hydrogens is 219 g/mol. The van der Waals surface area contributed by atoms with Crippen LogP contribution in [-0.2, 0) is 11.2 Å². The van der Waals surface area contributed by atoms with Gasteiger partial charge in [0.25, 0.3) is 0 Å². The second-order valence-electron chi connectivity index (χ2n) is 4.31. The third kappa shape index (κ3) is 2.14. The third-order valence-corrected chi connectivity index (χ3v) is 3.08. The van der Waals surface area contributed by atoms with E-state index in [0.29, 0.717) is 30.5 Å². The molecule has 0 heterocycles. The van der Waals surface area contributed by atoms with E-state index in [2.05, 4.69) is 5.32 Å². The summed E-state index contributed by atoms with van der Waals surface area (Å²) in [4.78, 5) is 11.8. The van der Waals surface area contributed by atoms with Crippen molar-refractivity contribution in [2.45, 2.75) is 26.2 Å². The number of benzene rings is 1. The number of rotatable bonds is 3. The fraction of sp³-hybridized carbons (Fsp3) is 0.385. The Hall–Kier alpha value is -1.89. The van der Waals surface area contributed by atoms with Crippen LogP contribution < -0.4 is 5.32 Å². The molecule has 0 saturated heterocycles. The summed E-state index contributed by atoms with van der Waals surface area (Å²) in [6, 6.07) is 6.49. The van der Waals surface area contributed by atoms with E-state index in [-0.39, 0.29) is 11.7 Å². The van der Waals surface area contributed by atoms with Gasteiger partial charge in [-0.15, -0.1) is 0 Å². The minimum absolute atomic E-state index is 0.271. The Bertz CT molecular complexity index is 501. The molecule has 1 amide bonds. The molecule has 1 aliphatic carbocycles. The predicted octanol–water partition coefficient (Wildman–Crippen LogP) is 2.63. The molecule has 0 radical (unpaired) electrons. The minimum atomic E-state index is -0.846. The molecule has 3 nitrogen and oxygen atoms in total. The van der Waals surface area contributed by atoms with Gasteiger partial charge in [0.05, 0.1) is 6.07 Å². The first kappa shape index (κ1) is 11.6. The molecule has 0 spiro atoms. The van der Waals surface area contributed by atoms with Crippen molar-refractivity contribution in [3.05, 3.63) is 29.6 Å².